The molecule has 2 N–H and O–H groups in total. The van der Waals surface area contributed by atoms with Crippen molar-refractivity contribution in [2.75, 3.05) is 19.0 Å². The molecule has 7 nitrogen and oxygen atoms in total. The van der Waals surface area contributed by atoms with Crippen LogP contribution >= 0.6 is 0 Å². The molecule has 1 amide bonds. The second-order valence-corrected chi connectivity index (χ2v) is 6.01. The number of para-hydroxylation sites is 1. The Morgan fingerprint density at radius 3 is 2.92 bits per heavy atom. The van der Waals surface area contributed by atoms with Gasteiger partial charge in [-0.1, -0.05) is 36.4 Å². The van der Waals surface area contributed by atoms with E-state index < -0.39 is 6.10 Å². The number of rotatable bonds is 4. The van der Waals surface area contributed by atoms with Gasteiger partial charge in [0.2, 0.25) is 0 Å². The molecule has 1 aromatic heterocycles. The van der Waals surface area contributed by atoms with E-state index in [-0.39, 0.29) is 24.7 Å². The summed E-state index contributed by atoms with van der Waals surface area (Å²) in [5.41, 5.74) is 1.61. The highest BCUT2D eigenvalue weighted by molar-refractivity contribution is 5.94. The first-order valence-corrected chi connectivity index (χ1v) is 8.36. The van der Waals surface area contributed by atoms with Gasteiger partial charge >= 0.3 is 0 Å². The number of aromatic amines is 1. The van der Waals surface area contributed by atoms with Crippen LogP contribution in [0.1, 0.15) is 0 Å². The number of nitrogens with one attached hydrogen (secondary N) is 2. The van der Waals surface area contributed by atoms with E-state index >= 15 is 0 Å². The summed E-state index contributed by atoms with van der Waals surface area (Å²) in [7, 11) is 1.61. The van der Waals surface area contributed by atoms with Crippen molar-refractivity contribution < 1.29 is 19.0 Å². The van der Waals surface area contributed by atoms with Crippen LogP contribution < -0.4 is 10.1 Å². The quantitative estimate of drug-likeness (QED) is 0.881. The molecule has 0 spiro atoms. The lowest BCUT2D eigenvalue weighted by Gasteiger charge is -2.34. The zero-order valence-electron chi connectivity index (χ0n) is 14.2. The number of benzene rings is 1. The second kappa shape index (κ2) is 7.15. The van der Waals surface area contributed by atoms with Gasteiger partial charge in [0.1, 0.15) is 18.0 Å². The van der Waals surface area contributed by atoms with E-state index in [0.29, 0.717) is 5.82 Å². The molecule has 7 heteroatoms. The van der Waals surface area contributed by atoms with Gasteiger partial charge in [-0.2, -0.15) is 5.10 Å². The van der Waals surface area contributed by atoms with Gasteiger partial charge in [-0.25, -0.2) is 0 Å². The van der Waals surface area contributed by atoms with Gasteiger partial charge in [-0.05, 0) is 12.1 Å². The molecule has 2 aliphatic rings. The third-order valence-electron chi connectivity index (χ3n) is 4.32. The number of amides is 1. The van der Waals surface area contributed by atoms with Gasteiger partial charge in [0.15, 0.2) is 11.9 Å². The fraction of sp³-hybridized carbons (Fsp3) is 0.263. The average molecular weight is 353 g/mol. The lowest BCUT2D eigenvalue weighted by molar-refractivity contribution is -0.164. The third-order valence-corrected chi connectivity index (χ3v) is 4.32. The molecule has 0 radical (unpaired) electrons. The molecule has 0 saturated carbocycles. The minimum Gasteiger partial charge on any atom is -0.496 e. The molecule has 1 fully saturated rings. The Morgan fingerprint density at radius 2 is 2.08 bits per heavy atom. The molecule has 2 aromatic rings. The molecular weight excluding hydrogens is 334 g/mol. The van der Waals surface area contributed by atoms with Crippen molar-refractivity contribution in [3.8, 4) is 17.0 Å². The number of methoxy groups -OCH3 is 1. The first-order chi connectivity index (χ1) is 12.7. The van der Waals surface area contributed by atoms with Crippen LogP contribution in [0.4, 0.5) is 5.82 Å². The SMILES string of the molecule is COc1ccccc1-c1cc(NC(=O)C2COC3C=CC=CC3O2)n[nH]1. The smallest absolute Gasteiger partial charge is 0.257 e. The number of ether oxygens (including phenoxy) is 3. The van der Waals surface area contributed by atoms with Gasteiger partial charge < -0.3 is 19.5 Å². The van der Waals surface area contributed by atoms with Gasteiger partial charge in [-0.3, -0.25) is 9.89 Å². The zero-order chi connectivity index (χ0) is 17.9. The Bertz CT molecular complexity index is 858. The topological polar surface area (TPSA) is 85.5 Å². The molecule has 2 heterocycles. The van der Waals surface area contributed by atoms with Gasteiger partial charge in [0.05, 0.1) is 19.4 Å². The Morgan fingerprint density at radius 1 is 1.27 bits per heavy atom. The van der Waals surface area contributed by atoms with E-state index in [1.165, 1.54) is 0 Å². The van der Waals surface area contributed by atoms with Crippen molar-refractivity contribution in [3.05, 3.63) is 54.6 Å². The number of fused-ring (bicyclic) bond motifs is 1. The molecule has 1 aromatic carbocycles. The lowest BCUT2D eigenvalue weighted by Crippen LogP contribution is -2.47. The number of H-pyrrole nitrogens is 1. The van der Waals surface area contributed by atoms with E-state index in [1.807, 2.05) is 48.6 Å². The van der Waals surface area contributed by atoms with Crippen LogP contribution in [0, 0.1) is 0 Å². The summed E-state index contributed by atoms with van der Waals surface area (Å²) in [6.07, 6.45) is 6.55. The number of allylic oxidation sites excluding steroid dienone is 2. The number of anilines is 1. The fourth-order valence-electron chi connectivity index (χ4n) is 3.00. The number of aromatic nitrogens is 2. The van der Waals surface area contributed by atoms with Crippen molar-refractivity contribution in [1.82, 2.24) is 10.2 Å². The highest BCUT2D eigenvalue weighted by Gasteiger charge is 2.34. The van der Waals surface area contributed by atoms with E-state index in [0.717, 1.165) is 17.0 Å². The second-order valence-electron chi connectivity index (χ2n) is 6.01. The monoisotopic (exact) mass is 353 g/mol. The molecule has 1 aliphatic carbocycles. The molecule has 1 aliphatic heterocycles. The average Bonchev–Trinajstić information content (AvgIpc) is 3.15. The van der Waals surface area contributed by atoms with Crippen LogP contribution in [0.2, 0.25) is 0 Å². The summed E-state index contributed by atoms with van der Waals surface area (Å²) in [6, 6.07) is 9.34. The summed E-state index contributed by atoms with van der Waals surface area (Å²) in [5, 5.41) is 9.83. The minimum atomic E-state index is -0.682. The number of nitrogens with zero attached hydrogens (tertiary/aromatic N) is 1. The van der Waals surface area contributed by atoms with Crippen LogP contribution in [0.25, 0.3) is 11.3 Å². The Kier molecular flexibility index (Phi) is 4.55. The maximum absolute atomic E-state index is 12.5. The highest BCUT2D eigenvalue weighted by Crippen LogP contribution is 2.29. The van der Waals surface area contributed by atoms with Crippen LogP contribution in [0.15, 0.2) is 54.6 Å². The highest BCUT2D eigenvalue weighted by atomic mass is 16.6. The minimum absolute atomic E-state index is 0.133. The predicted octanol–water partition coefficient (Wildman–Crippen LogP) is 2.30. The Hall–Kier alpha value is -2.90. The summed E-state index contributed by atoms with van der Waals surface area (Å²) in [6.45, 7) is 0.203. The first-order valence-electron chi connectivity index (χ1n) is 8.36. The summed E-state index contributed by atoms with van der Waals surface area (Å²) in [4.78, 5) is 12.5. The molecule has 3 atom stereocenters. The Labute approximate surface area is 150 Å². The van der Waals surface area contributed by atoms with Gasteiger partial charge in [0, 0.05) is 11.6 Å². The molecule has 134 valence electrons. The number of hydrogen-bond acceptors (Lipinski definition) is 5. The maximum atomic E-state index is 12.5. The number of carbonyl (C=O) groups excluding carboxylic acids is 1. The van der Waals surface area contributed by atoms with Crippen molar-refractivity contribution in [2.45, 2.75) is 18.3 Å². The van der Waals surface area contributed by atoms with Crippen molar-refractivity contribution in [2.24, 2.45) is 0 Å². The van der Waals surface area contributed by atoms with Crippen molar-refractivity contribution >= 4 is 11.7 Å². The standard InChI is InChI=1S/C19H19N3O4/c1-24-14-7-3-2-6-12(14)13-10-18(22-21-13)20-19(23)17-11-25-15-8-4-5-9-16(15)26-17/h2-10,15-17H,11H2,1H3,(H2,20,21,22,23). The molecule has 0 bridgehead atoms. The largest absolute Gasteiger partial charge is 0.496 e. The van der Waals surface area contributed by atoms with Crippen LogP contribution in [-0.2, 0) is 14.3 Å². The zero-order valence-corrected chi connectivity index (χ0v) is 14.2. The van der Waals surface area contributed by atoms with Gasteiger partial charge in [-0.15, -0.1) is 0 Å². The van der Waals surface area contributed by atoms with E-state index in [2.05, 4.69) is 15.5 Å². The predicted molar refractivity (Wildman–Crippen MR) is 95.9 cm³/mol. The molecule has 3 unspecified atom stereocenters. The fourth-order valence-corrected chi connectivity index (χ4v) is 3.00. The van der Waals surface area contributed by atoms with E-state index in [1.54, 1.807) is 13.2 Å². The van der Waals surface area contributed by atoms with Crippen LogP contribution in [0.3, 0.4) is 0 Å². The maximum Gasteiger partial charge on any atom is 0.257 e. The molecular formula is C19H19N3O4. The molecule has 1 saturated heterocycles. The number of hydrogen-bond donors (Lipinski definition) is 2. The lowest BCUT2D eigenvalue weighted by atomic mass is 10.1. The first kappa shape index (κ1) is 16.6. The summed E-state index contributed by atoms with van der Waals surface area (Å²) >= 11 is 0. The van der Waals surface area contributed by atoms with Crippen LogP contribution in [-0.4, -0.2) is 48.1 Å². The van der Waals surface area contributed by atoms with Crippen molar-refractivity contribution in [3.63, 3.8) is 0 Å². The molecule has 26 heavy (non-hydrogen) atoms. The van der Waals surface area contributed by atoms with E-state index in [4.69, 9.17) is 14.2 Å². The Balaban J connectivity index is 1.43. The summed E-state index contributed by atoms with van der Waals surface area (Å²) in [5.74, 6) is 0.853. The number of carbonyl (C=O) groups is 1. The summed E-state index contributed by atoms with van der Waals surface area (Å²) < 4.78 is 16.9. The molecule has 4 rings (SSSR count). The third kappa shape index (κ3) is 3.26. The van der Waals surface area contributed by atoms with E-state index in [9.17, 15) is 4.79 Å². The van der Waals surface area contributed by atoms with Crippen LogP contribution in [0.5, 0.6) is 5.75 Å². The van der Waals surface area contributed by atoms with Crippen molar-refractivity contribution in [1.29, 1.82) is 0 Å². The van der Waals surface area contributed by atoms with Gasteiger partial charge in [0.25, 0.3) is 5.91 Å². The normalized spacial score (nSPS) is 24.1.